The Morgan fingerprint density at radius 3 is 2.60 bits per heavy atom. The van der Waals surface area contributed by atoms with Gasteiger partial charge in [-0.1, -0.05) is 13.8 Å². The van der Waals surface area contributed by atoms with E-state index in [4.69, 9.17) is 4.74 Å². The van der Waals surface area contributed by atoms with E-state index in [0.29, 0.717) is 6.04 Å². The molecule has 0 bridgehead atoms. The van der Waals surface area contributed by atoms with Crippen LogP contribution in [0.4, 0.5) is 0 Å². The minimum Gasteiger partial charge on any atom is -0.468 e. The number of carbonyl (C=O) groups excluding carboxylic acids is 1. The third-order valence-corrected chi connectivity index (χ3v) is 2.82. The van der Waals surface area contributed by atoms with Gasteiger partial charge in [0, 0.05) is 12.6 Å². The molecule has 0 heterocycles. The lowest BCUT2D eigenvalue weighted by Crippen LogP contribution is -2.47. The quantitative estimate of drug-likeness (QED) is 0.631. The smallest absolute Gasteiger partial charge is 0.324 e. The second-order valence-electron chi connectivity index (χ2n) is 3.95. The molecular formula is C11H22N2O2. The lowest BCUT2D eigenvalue weighted by atomic mass is 10.2. The number of methoxy groups -OCH3 is 1. The van der Waals surface area contributed by atoms with Crippen molar-refractivity contribution < 1.29 is 9.53 Å². The van der Waals surface area contributed by atoms with E-state index in [1.807, 2.05) is 6.92 Å². The van der Waals surface area contributed by atoms with Crippen molar-refractivity contribution in [3.05, 3.63) is 0 Å². The Morgan fingerprint density at radius 1 is 1.53 bits per heavy atom. The first kappa shape index (κ1) is 12.5. The van der Waals surface area contributed by atoms with Crippen molar-refractivity contribution in [3.63, 3.8) is 0 Å². The molecule has 0 spiro atoms. The van der Waals surface area contributed by atoms with E-state index in [0.717, 1.165) is 19.6 Å². The Kier molecular flexibility index (Phi) is 5.05. The van der Waals surface area contributed by atoms with Crippen LogP contribution < -0.4 is 5.32 Å². The van der Waals surface area contributed by atoms with Crippen LogP contribution in [0.3, 0.4) is 0 Å². The molecule has 0 aliphatic heterocycles. The van der Waals surface area contributed by atoms with Crippen molar-refractivity contribution in [3.8, 4) is 0 Å². The minimum absolute atomic E-state index is 0.157. The summed E-state index contributed by atoms with van der Waals surface area (Å²) in [6.07, 6.45) is 2.54. The number of nitrogens with one attached hydrogen (secondary N) is 1. The molecule has 0 radical (unpaired) electrons. The van der Waals surface area contributed by atoms with Crippen LogP contribution in [0.15, 0.2) is 0 Å². The van der Waals surface area contributed by atoms with Gasteiger partial charge in [0.2, 0.25) is 0 Å². The summed E-state index contributed by atoms with van der Waals surface area (Å²) in [4.78, 5) is 13.8. The summed E-state index contributed by atoms with van der Waals surface area (Å²) in [5, 5.41) is 3.16. The average Bonchev–Trinajstić information content (AvgIpc) is 3.07. The van der Waals surface area contributed by atoms with E-state index in [9.17, 15) is 4.79 Å². The molecule has 88 valence electrons. The maximum atomic E-state index is 11.5. The highest BCUT2D eigenvalue weighted by Gasteiger charge is 2.31. The van der Waals surface area contributed by atoms with Gasteiger partial charge in [-0.15, -0.1) is 0 Å². The zero-order chi connectivity index (χ0) is 11.3. The fourth-order valence-corrected chi connectivity index (χ4v) is 1.82. The second-order valence-corrected chi connectivity index (χ2v) is 3.95. The number of ether oxygens (including phenoxy) is 1. The van der Waals surface area contributed by atoms with Crippen molar-refractivity contribution in [1.29, 1.82) is 0 Å². The van der Waals surface area contributed by atoms with Crippen LogP contribution in [-0.4, -0.2) is 49.7 Å². The standard InChI is InChI=1S/C11H22N2O2/c1-4-12-10(11(14)15-3)8-13(5-2)9-6-7-9/h9-10,12H,4-8H2,1-3H3. The van der Waals surface area contributed by atoms with Crippen LogP contribution in [0, 0.1) is 0 Å². The summed E-state index contributed by atoms with van der Waals surface area (Å²) in [6.45, 7) is 6.70. The summed E-state index contributed by atoms with van der Waals surface area (Å²) in [5.74, 6) is -0.157. The largest absolute Gasteiger partial charge is 0.468 e. The molecule has 4 heteroatoms. The molecule has 0 aromatic carbocycles. The number of nitrogens with zero attached hydrogens (tertiary/aromatic N) is 1. The fourth-order valence-electron chi connectivity index (χ4n) is 1.82. The van der Waals surface area contributed by atoms with Crippen molar-refractivity contribution in [2.24, 2.45) is 0 Å². The highest BCUT2D eigenvalue weighted by atomic mass is 16.5. The molecule has 1 fully saturated rings. The number of hydrogen-bond acceptors (Lipinski definition) is 4. The lowest BCUT2D eigenvalue weighted by molar-refractivity contribution is -0.143. The first-order valence-corrected chi connectivity index (χ1v) is 5.78. The van der Waals surface area contributed by atoms with Gasteiger partial charge >= 0.3 is 5.97 Å². The van der Waals surface area contributed by atoms with Crippen LogP contribution in [0.1, 0.15) is 26.7 Å². The van der Waals surface area contributed by atoms with Gasteiger partial charge in [0.25, 0.3) is 0 Å². The molecular weight excluding hydrogens is 192 g/mol. The summed E-state index contributed by atoms with van der Waals surface area (Å²) < 4.78 is 4.78. The topological polar surface area (TPSA) is 41.6 Å². The second kappa shape index (κ2) is 6.08. The molecule has 1 N–H and O–H groups in total. The molecule has 1 aliphatic rings. The van der Waals surface area contributed by atoms with Crippen LogP contribution in [0.2, 0.25) is 0 Å². The van der Waals surface area contributed by atoms with Crippen molar-refractivity contribution >= 4 is 5.97 Å². The molecule has 0 aromatic heterocycles. The Hall–Kier alpha value is -0.610. The van der Waals surface area contributed by atoms with Gasteiger partial charge < -0.3 is 10.1 Å². The Labute approximate surface area is 92.0 Å². The molecule has 4 nitrogen and oxygen atoms in total. The zero-order valence-corrected chi connectivity index (χ0v) is 9.95. The highest BCUT2D eigenvalue weighted by molar-refractivity contribution is 5.75. The van der Waals surface area contributed by atoms with Crippen molar-refractivity contribution in [2.45, 2.75) is 38.8 Å². The third kappa shape index (κ3) is 3.80. The SMILES string of the molecule is CCNC(CN(CC)C1CC1)C(=O)OC. The first-order valence-electron chi connectivity index (χ1n) is 5.78. The van der Waals surface area contributed by atoms with Gasteiger partial charge in [-0.2, -0.15) is 0 Å². The number of likely N-dealkylation sites (N-methyl/N-ethyl adjacent to an activating group) is 2. The van der Waals surface area contributed by atoms with Gasteiger partial charge in [-0.25, -0.2) is 0 Å². The lowest BCUT2D eigenvalue weighted by Gasteiger charge is -2.25. The van der Waals surface area contributed by atoms with E-state index in [1.54, 1.807) is 0 Å². The van der Waals surface area contributed by atoms with Crippen molar-refractivity contribution in [2.75, 3.05) is 26.7 Å². The maximum Gasteiger partial charge on any atom is 0.324 e. The van der Waals surface area contributed by atoms with E-state index >= 15 is 0 Å². The molecule has 1 rings (SSSR count). The molecule has 0 amide bonds. The summed E-state index contributed by atoms with van der Waals surface area (Å²) >= 11 is 0. The molecule has 0 saturated heterocycles. The average molecular weight is 214 g/mol. The van der Waals surface area contributed by atoms with Crippen LogP contribution in [-0.2, 0) is 9.53 Å². The number of hydrogen-bond donors (Lipinski definition) is 1. The van der Waals surface area contributed by atoms with Gasteiger partial charge in [0.1, 0.15) is 6.04 Å². The Bertz CT molecular complexity index is 205. The Balaban J connectivity index is 2.43. The molecule has 1 aliphatic carbocycles. The van der Waals surface area contributed by atoms with E-state index in [-0.39, 0.29) is 12.0 Å². The maximum absolute atomic E-state index is 11.5. The monoisotopic (exact) mass is 214 g/mol. The predicted octanol–water partition coefficient (Wildman–Crippen LogP) is 0.622. The number of rotatable bonds is 7. The van der Waals surface area contributed by atoms with Gasteiger partial charge in [0.05, 0.1) is 7.11 Å². The summed E-state index contributed by atoms with van der Waals surface area (Å²) in [6, 6.07) is 0.515. The van der Waals surface area contributed by atoms with Crippen LogP contribution in [0.5, 0.6) is 0 Å². The van der Waals surface area contributed by atoms with Crippen molar-refractivity contribution in [1.82, 2.24) is 10.2 Å². The van der Waals surface area contributed by atoms with E-state index < -0.39 is 0 Å². The number of esters is 1. The van der Waals surface area contributed by atoms with Crippen LogP contribution >= 0.6 is 0 Å². The van der Waals surface area contributed by atoms with Gasteiger partial charge in [-0.3, -0.25) is 9.69 Å². The Morgan fingerprint density at radius 2 is 2.20 bits per heavy atom. The molecule has 15 heavy (non-hydrogen) atoms. The summed E-state index contributed by atoms with van der Waals surface area (Å²) in [5.41, 5.74) is 0. The van der Waals surface area contributed by atoms with Gasteiger partial charge in [0.15, 0.2) is 0 Å². The zero-order valence-electron chi connectivity index (χ0n) is 9.95. The normalized spacial score (nSPS) is 17.9. The number of carbonyl (C=O) groups is 1. The van der Waals surface area contributed by atoms with Crippen LogP contribution in [0.25, 0.3) is 0 Å². The first-order chi connectivity index (χ1) is 7.22. The summed E-state index contributed by atoms with van der Waals surface area (Å²) in [7, 11) is 1.44. The molecule has 1 atom stereocenters. The molecule has 1 saturated carbocycles. The third-order valence-electron chi connectivity index (χ3n) is 2.82. The van der Waals surface area contributed by atoms with E-state index in [1.165, 1.54) is 20.0 Å². The highest BCUT2D eigenvalue weighted by Crippen LogP contribution is 2.26. The van der Waals surface area contributed by atoms with E-state index in [2.05, 4.69) is 17.1 Å². The molecule has 1 unspecified atom stereocenters. The fraction of sp³-hybridized carbons (Fsp3) is 0.909. The van der Waals surface area contributed by atoms with Gasteiger partial charge in [-0.05, 0) is 25.9 Å². The predicted molar refractivity (Wildman–Crippen MR) is 59.7 cm³/mol. The minimum atomic E-state index is -0.180. The molecule has 0 aromatic rings.